The maximum atomic E-state index is 11.5. The molecule has 1 aromatic carbocycles. The van der Waals surface area contributed by atoms with Gasteiger partial charge in [0.05, 0.1) is 17.8 Å². The highest BCUT2D eigenvalue weighted by atomic mass is 35.5. The molecule has 0 fully saturated rings. The lowest BCUT2D eigenvalue weighted by molar-refractivity contribution is -0.114. The fourth-order valence-corrected chi connectivity index (χ4v) is 1.88. The molecule has 1 rings (SSSR count). The van der Waals surface area contributed by atoms with Gasteiger partial charge >= 0.3 is 5.97 Å². The number of halogens is 1. The van der Waals surface area contributed by atoms with E-state index < -0.39 is 5.97 Å². The van der Waals surface area contributed by atoms with Gasteiger partial charge in [0.1, 0.15) is 11.3 Å². The number of hydrogen-bond acceptors (Lipinski definition) is 4. The molecule has 0 bridgehead atoms. The number of aromatic hydroxyl groups is 1. The normalized spacial score (nSPS) is 9.84. The van der Waals surface area contributed by atoms with E-state index in [1.165, 1.54) is 26.2 Å². The first-order valence-electron chi connectivity index (χ1n) is 5.43. The lowest BCUT2D eigenvalue weighted by Crippen LogP contribution is -2.11. The van der Waals surface area contributed by atoms with Crippen LogP contribution in [0.5, 0.6) is 5.75 Å². The highest BCUT2D eigenvalue weighted by Crippen LogP contribution is 2.37. The second kappa shape index (κ2) is 6.24. The number of nitrogens with one attached hydrogen (secondary N) is 1. The third-order valence-electron chi connectivity index (χ3n) is 2.41. The summed E-state index contributed by atoms with van der Waals surface area (Å²) < 4.78 is 4.56. The summed E-state index contributed by atoms with van der Waals surface area (Å²) in [6.45, 7) is 4.88. The van der Waals surface area contributed by atoms with Crippen LogP contribution in [0.1, 0.15) is 22.8 Å². The molecule has 0 saturated heterocycles. The van der Waals surface area contributed by atoms with Gasteiger partial charge in [0.2, 0.25) is 5.91 Å². The average Bonchev–Trinajstić information content (AvgIpc) is 2.36. The summed E-state index contributed by atoms with van der Waals surface area (Å²) in [5, 5.41) is 12.7. The molecule has 1 aromatic rings. The van der Waals surface area contributed by atoms with Crippen LogP contribution in [0.3, 0.4) is 0 Å². The summed E-state index contributed by atoms with van der Waals surface area (Å²) >= 11 is 6.02. The van der Waals surface area contributed by atoms with Crippen LogP contribution in [0.15, 0.2) is 18.7 Å². The Kier molecular flexibility index (Phi) is 4.94. The van der Waals surface area contributed by atoms with Crippen molar-refractivity contribution in [2.24, 2.45) is 0 Å². The molecule has 0 unspecified atom stereocenters. The number of carbonyl (C=O) groups is 2. The van der Waals surface area contributed by atoms with Gasteiger partial charge < -0.3 is 15.2 Å². The zero-order chi connectivity index (χ0) is 14.6. The first-order valence-corrected chi connectivity index (χ1v) is 5.81. The molecule has 102 valence electrons. The van der Waals surface area contributed by atoms with Gasteiger partial charge in [0.15, 0.2) is 0 Å². The van der Waals surface area contributed by atoms with Crippen LogP contribution in [-0.2, 0) is 16.0 Å². The number of allylic oxidation sites excluding steroid dienone is 1. The number of rotatable bonds is 4. The molecular weight excluding hydrogens is 270 g/mol. The smallest absolute Gasteiger partial charge is 0.341 e. The lowest BCUT2D eigenvalue weighted by atomic mass is 10.0. The van der Waals surface area contributed by atoms with Crippen molar-refractivity contribution in [3.63, 3.8) is 0 Å². The van der Waals surface area contributed by atoms with Crippen molar-refractivity contribution >= 4 is 29.2 Å². The summed E-state index contributed by atoms with van der Waals surface area (Å²) in [4.78, 5) is 22.7. The van der Waals surface area contributed by atoms with Crippen LogP contribution >= 0.6 is 11.6 Å². The van der Waals surface area contributed by atoms with Crippen LogP contribution < -0.4 is 5.32 Å². The van der Waals surface area contributed by atoms with Crippen LogP contribution in [0, 0.1) is 0 Å². The van der Waals surface area contributed by atoms with Gasteiger partial charge in [0.25, 0.3) is 0 Å². The Morgan fingerprint density at radius 3 is 2.68 bits per heavy atom. The monoisotopic (exact) mass is 283 g/mol. The number of methoxy groups -OCH3 is 1. The van der Waals surface area contributed by atoms with Crippen molar-refractivity contribution in [2.45, 2.75) is 13.3 Å². The Morgan fingerprint density at radius 1 is 1.58 bits per heavy atom. The molecule has 0 aromatic heterocycles. The molecule has 0 heterocycles. The average molecular weight is 284 g/mol. The standard InChI is InChI=1S/C13H14ClNO4/c1-4-5-8-11(15-7(2)16)10(14)6-9(12(8)17)13(18)19-3/h4,6,17H,1,5H2,2-3H3,(H,15,16). The van der Waals surface area contributed by atoms with E-state index >= 15 is 0 Å². The topological polar surface area (TPSA) is 75.6 Å². The minimum absolute atomic E-state index is 0.0570. The number of esters is 1. The fourth-order valence-electron chi connectivity index (χ4n) is 1.61. The Balaban J connectivity index is 3.49. The van der Waals surface area contributed by atoms with Gasteiger partial charge in [0, 0.05) is 12.5 Å². The van der Waals surface area contributed by atoms with Crippen molar-refractivity contribution in [1.29, 1.82) is 0 Å². The first kappa shape index (κ1) is 15.0. The molecule has 1 amide bonds. The number of hydrogen-bond donors (Lipinski definition) is 2. The molecule has 0 aliphatic heterocycles. The Bertz CT molecular complexity index is 540. The van der Waals surface area contributed by atoms with Gasteiger partial charge in [-0.05, 0) is 12.5 Å². The first-order chi connectivity index (χ1) is 8.92. The third-order valence-corrected chi connectivity index (χ3v) is 2.71. The van der Waals surface area contributed by atoms with Gasteiger partial charge in [-0.2, -0.15) is 0 Å². The number of phenols is 1. The van der Waals surface area contributed by atoms with E-state index in [9.17, 15) is 14.7 Å². The maximum Gasteiger partial charge on any atom is 0.341 e. The minimum atomic E-state index is -0.709. The van der Waals surface area contributed by atoms with E-state index in [1.54, 1.807) is 0 Å². The Labute approximate surface area is 115 Å². The van der Waals surface area contributed by atoms with Crippen molar-refractivity contribution in [3.8, 4) is 5.75 Å². The molecule has 2 N–H and O–H groups in total. The van der Waals surface area contributed by atoms with Crippen LogP contribution in [0.2, 0.25) is 5.02 Å². The predicted octanol–water partition coefficient (Wildman–Crippen LogP) is 2.52. The highest BCUT2D eigenvalue weighted by molar-refractivity contribution is 6.34. The van der Waals surface area contributed by atoms with Gasteiger partial charge in [-0.25, -0.2) is 4.79 Å². The van der Waals surface area contributed by atoms with Crippen LogP contribution in [0.4, 0.5) is 5.69 Å². The van der Waals surface area contributed by atoms with E-state index in [1.807, 2.05) is 0 Å². The molecule has 0 aliphatic carbocycles. The van der Waals surface area contributed by atoms with Crippen LogP contribution in [-0.4, -0.2) is 24.1 Å². The third kappa shape index (κ3) is 3.26. The lowest BCUT2D eigenvalue weighted by Gasteiger charge is -2.15. The SMILES string of the molecule is C=CCc1c(O)c(C(=O)OC)cc(Cl)c1NC(C)=O. The van der Waals surface area contributed by atoms with Crippen LogP contribution in [0.25, 0.3) is 0 Å². The second-order valence-electron chi connectivity index (χ2n) is 3.77. The van der Waals surface area contributed by atoms with Crippen molar-refractivity contribution in [3.05, 3.63) is 34.9 Å². The Morgan fingerprint density at radius 2 is 2.21 bits per heavy atom. The summed E-state index contributed by atoms with van der Waals surface area (Å²) in [7, 11) is 1.20. The molecule has 0 atom stereocenters. The molecule has 0 saturated carbocycles. The van der Waals surface area contributed by atoms with Crippen molar-refractivity contribution in [1.82, 2.24) is 0 Å². The summed E-state index contributed by atoms with van der Waals surface area (Å²) in [5.41, 5.74) is 0.524. The molecule has 0 radical (unpaired) electrons. The zero-order valence-electron chi connectivity index (χ0n) is 10.6. The largest absolute Gasteiger partial charge is 0.507 e. The van der Waals surface area contributed by atoms with Gasteiger partial charge in [-0.1, -0.05) is 17.7 Å². The van der Waals surface area contributed by atoms with E-state index in [-0.39, 0.29) is 34.4 Å². The van der Waals surface area contributed by atoms with Gasteiger partial charge in [-0.3, -0.25) is 4.79 Å². The number of benzene rings is 1. The maximum absolute atomic E-state index is 11.5. The summed E-state index contributed by atoms with van der Waals surface area (Å²) in [6.07, 6.45) is 1.77. The summed E-state index contributed by atoms with van der Waals surface area (Å²) in [5.74, 6) is -1.32. The van der Waals surface area contributed by atoms with Crippen molar-refractivity contribution < 1.29 is 19.4 Å². The van der Waals surface area contributed by atoms with E-state index in [4.69, 9.17) is 11.6 Å². The highest BCUT2D eigenvalue weighted by Gasteiger charge is 2.21. The fraction of sp³-hybridized carbons (Fsp3) is 0.231. The predicted molar refractivity (Wildman–Crippen MR) is 72.7 cm³/mol. The molecule has 0 aliphatic rings. The quantitative estimate of drug-likeness (QED) is 0.658. The number of phenolic OH excluding ortho intramolecular Hbond substituents is 1. The number of amides is 1. The van der Waals surface area contributed by atoms with Crippen molar-refractivity contribution in [2.75, 3.05) is 12.4 Å². The zero-order valence-corrected chi connectivity index (χ0v) is 11.4. The number of carbonyl (C=O) groups excluding carboxylic acids is 2. The van der Waals surface area contributed by atoms with E-state index in [0.717, 1.165) is 0 Å². The van der Waals surface area contributed by atoms with E-state index in [0.29, 0.717) is 5.56 Å². The molecule has 0 spiro atoms. The minimum Gasteiger partial charge on any atom is -0.507 e. The summed E-state index contributed by atoms with van der Waals surface area (Å²) in [6, 6.07) is 1.25. The van der Waals surface area contributed by atoms with E-state index in [2.05, 4.69) is 16.6 Å². The molecule has 19 heavy (non-hydrogen) atoms. The number of ether oxygens (including phenoxy) is 1. The van der Waals surface area contributed by atoms with Gasteiger partial charge in [-0.15, -0.1) is 6.58 Å². The second-order valence-corrected chi connectivity index (χ2v) is 4.18. The Hall–Kier alpha value is -2.01. The molecule has 5 nitrogen and oxygen atoms in total. The molecular formula is C13H14ClNO4. The molecule has 6 heteroatoms. The number of anilines is 1.